The van der Waals surface area contributed by atoms with Crippen molar-refractivity contribution in [2.24, 2.45) is 0 Å². The fourth-order valence-electron chi connectivity index (χ4n) is 3.99. The molecule has 0 bridgehead atoms. The fraction of sp³-hybridized carbons (Fsp3) is 0. The molecule has 3 N–H and O–H groups in total. The maximum absolute atomic E-state index is 11.7. The summed E-state index contributed by atoms with van der Waals surface area (Å²) < 4.78 is 0. The van der Waals surface area contributed by atoms with Gasteiger partial charge in [0.15, 0.2) is 14.6 Å². The van der Waals surface area contributed by atoms with Crippen molar-refractivity contribution in [1.29, 1.82) is 0 Å². The first-order valence-corrected chi connectivity index (χ1v) is 27.8. The molecule has 0 radical (unpaired) electrons. The Kier molecular flexibility index (Phi) is 26.4. The Morgan fingerprint density at radius 1 is 0.322 bits per heavy atom. The van der Waals surface area contributed by atoms with Gasteiger partial charge in [0.25, 0.3) is 17.1 Å². The van der Waals surface area contributed by atoms with Crippen LogP contribution >= 0.6 is 80.8 Å². The van der Waals surface area contributed by atoms with Crippen molar-refractivity contribution in [2.45, 2.75) is 0 Å². The third kappa shape index (κ3) is 23.8. The Morgan fingerprint density at radius 2 is 0.458 bits per heavy atom. The number of hydrogen-bond acceptors (Lipinski definition) is 6. The number of rotatable bonds is 9. The molecule has 59 heavy (non-hydrogen) atoms. The van der Waals surface area contributed by atoms with Gasteiger partial charge in [0.05, 0.1) is 14.7 Å². The molecule has 0 atom stereocenters. The minimum Gasteiger partial charge on any atom is 0 e. The minimum atomic E-state index is -2.61. The molecule has 6 aromatic carbocycles. The quantitative estimate of drug-likeness (QED) is 0.0736. The second-order valence-electron chi connectivity index (χ2n) is 10.3. The molecule has 6 aromatic rings. The first kappa shape index (κ1) is 54.3. The van der Waals surface area contributed by atoms with Crippen LogP contribution in [0.25, 0.3) is 0 Å². The summed E-state index contributed by atoms with van der Waals surface area (Å²) >= 11 is 0. The Labute approximate surface area is 389 Å². The van der Waals surface area contributed by atoms with Crippen LogP contribution in [0.15, 0.2) is 182 Å². The molecule has 0 spiro atoms. The summed E-state index contributed by atoms with van der Waals surface area (Å²) in [5.41, 5.74) is 2.36. The van der Waals surface area contributed by atoms with Gasteiger partial charge in [-0.25, -0.2) is 15.6 Å². The monoisotopic (exact) mass is 1090 g/mol. The van der Waals surface area contributed by atoms with E-state index in [4.69, 9.17) is 80.8 Å². The normalized spacial score (nSPS) is 10.6. The molecule has 0 aliphatic carbocycles. The number of benzene rings is 6. The summed E-state index contributed by atoms with van der Waals surface area (Å²) in [6, 6.07) is 51.4. The molecule has 322 valence electrons. The van der Waals surface area contributed by atoms with Crippen LogP contribution in [0, 0.1) is 14.7 Å². The average Bonchev–Trinajstić information content (AvgIpc) is 3.23. The van der Waals surface area contributed by atoms with Crippen LogP contribution in [-0.2, 0) is 35.5 Å². The number of nitroso groups, excluding NO2 is 3. The first-order chi connectivity index (χ1) is 27.4. The molecule has 23 heteroatoms. The van der Waals surface area contributed by atoms with Crippen LogP contribution in [0.5, 0.6) is 0 Å². The molecule has 0 amide bonds. The van der Waals surface area contributed by atoms with Crippen molar-refractivity contribution in [2.75, 3.05) is 15.5 Å². The van der Waals surface area contributed by atoms with Gasteiger partial charge in [0.1, 0.15) is 17.1 Å². The molecule has 0 aromatic heterocycles. The number of hydrazine groups is 3. The molecule has 0 saturated heterocycles. The van der Waals surface area contributed by atoms with Gasteiger partial charge in [-0.1, -0.05) is 109 Å². The Morgan fingerprint density at radius 3 is 0.610 bits per heavy atom. The van der Waals surface area contributed by atoms with Gasteiger partial charge in [0.2, 0.25) is 0 Å². The molecule has 0 fully saturated rings. The topological polar surface area (TPSA) is 131 Å². The molecule has 0 aliphatic heterocycles. The number of halogens is 8. The van der Waals surface area contributed by atoms with Crippen LogP contribution in [0.1, 0.15) is 0 Å². The van der Waals surface area contributed by atoms with Gasteiger partial charge >= 0.3 is 99.2 Å². The van der Waals surface area contributed by atoms with E-state index in [1.54, 1.807) is 146 Å². The van der Waals surface area contributed by atoms with E-state index in [0.29, 0.717) is 64.2 Å². The van der Waals surface area contributed by atoms with E-state index in [-0.39, 0.29) is 17.1 Å². The van der Waals surface area contributed by atoms with Crippen molar-refractivity contribution >= 4 is 115 Å². The van der Waals surface area contributed by atoms with Gasteiger partial charge < -0.3 is 0 Å². The first-order valence-electron chi connectivity index (χ1n) is 15.6. The molecule has 0 saturated carbocycles. The number of para-hydroxylation sites is 6. The second-order valence-corrected chi connectivity index (χ2v) is 32.2. The predicted octanol–water partition coefficient (Wildman–Crippen LogP) is 14.2. The van der Waals surface area contributed by atoms with Crippen LogP contribution < -0.4 is 15.5 Å². The van der Waals surface area contributed by atoms with E-state index < -0.39 is 18.4 Å². The third-order valence-corrected chi connectivity index (χ3v) is 6.41. The van der Waals surface area contributed by atoms with E-state index in [1.807, 2.05) is 36.4 Å². The molecule has 0 heterocycles. The van der Waals surface area contributed by atoms with Gasteiger partial charge in [-0.15, -0.1) is 0 Å². The zero-order valence-electron chi connectivity index (χ0n) is 29.7. The summed E-state index contributed by atoms with van der Waals surface area (Å²) in [4.78, 5) is 36.5. The van der Waals surface area contributed by atoms with Crippen molar-refractivity contribution < 1.29 is 65.7 Å². The molecule has 0 aliphatic rings. The van der Waals surface area contributed by atoms with Gasteiger partial charge in [-0.2, -0.15) is 0 Å². The SMILES string of the molecule is O=[N+](c1ccccc1)N(O)c1ccccc1.O=[N+](c1ccccc1)N(O)c1ccccc1.O=[N+](c1ccccc1)N(O)c1ccccc1.[Cl][Fe-]([Cl])([Cl])[Cl].[Cl][Fe-]([Cl])([Cl])[Cl].[Fe]. The zero-order chi connectivity index (χ0) is 43.1. The van der Waals surface area contributed by atoms with E-state index >= 15 is 0 Å². The Balaban J connectivity index is 0.000000394. The summed E-state index contributed by atoms with van der Waals surface area (Å²) in [6.07, 6.45) is 0. The van der Waals surface area contributed by atoms with E-state index in [9.17, 15) is 30.3 Å². The van der Waals surface area contributed by atoms with Gasteiger partial charge in [-0.3, -0.25) is 0 Å². The maximum atomic E-state index is 11.7. The van der Waals surface area contributed by atoms with E-state index in [1.165, 1.54) is 0 Å². The Hall–Kier alpha value is -2.72. The number of anilines is 3. The zero-order valence-corrected chi connectivity index (χ0v) is 39.0. The minimum absolute atomic E-state index is 0. The van der Waals surface area contributed by atoms with Crippen molar-refractivity contribution in [3.63, 3.8) is 0 Å². The smallest absolute Gasteiger partial charge is 0 e. The van der Waals surface area contributed by atoms with Crippen LogP contribution in [0.2, 0.25) is 0 Å². The average molecular weight is 1100 g/mol. The molecule has 12 nitrogen and oxygen atoms in total. The van der Waals surface area contributed by atoms with Gasteiger partial charge in [0, 0.05) is 69.0 Å². The standard InChI is InChI=1S/3C12H11N2O2.8ClH.3Fe/c3*15-13(11-7-3-1-4-8-11)14(16)12-9-5-2-6-10-12;;;;;;;;;;;/h3*1-10,15H;8*1H;;;/q3*+1;;;;;;;;;;2*+3/p-8. The fourth-order valence-corrected chi connectivity index (χ4v) is 3.99. The van der Waals surface area contributed by atoms with Crippen molar-refractivity contribution in [1.82, 2.24) is 0 Å². The summed E-state index contributed by atoms with van der Waals surface area (Å²) in [5, 5.41) is 30.8. The number of nitrogens with zero attached hydrogens (tertiary/aromatic N) is 6. The second kappa shape index (κ2) is 28.7. The van der Waals surface area contributed by atoms with Crippen molar-refractivity contribution in [3.8, 4) is 0 Å². The third-order valence-electron chi connectivity index (χ3n) is 6.41. The molecule has 6 rings (SSSR count). The molecular weight excluding hydrogens is 1060 g/mol. The summed E-state index contributed by atoms with van der Waals surface area (Å²) in [7, 11) is 34.4. The maximum Gasteiger partial charge on any atom is 0 e. The van der Waals surface area contributed by atoms with E-state index in [2.05, 4.69) is 0 Å². The van der Waals surface area contributed by atoms with Crippen LogP contribution in [0.4, 0.5) is 34.1 Å². The summed E-state index contributed by atoms with van der Waals surface area (Å²) in [5.74, 6) is 0. The van der Waals surface area contributed by atoms with Crippen molar-refractivity contribution in [3.05, 3.63) is 197 Å². The summed E-state index contributed by atoms with van der Waals surface area (Å²) in [6.45, 7) is 0. The predicted molar refractivity (Wildman–Crippen MR) is 228 cm³/mol. The largest absolute Gasteiger partial charge is 0 e. The molecule has 0 unspecified atom stereocenters. The molecular formula is C36H33Cl8Fe3N6O6+. The van der Waals surface area contributed by atoms with Gasteiger partial charge in [-0.05, 0) is 36.4 Å². The van der Waals surface area contributed by atoms with E-state index in [0.717, 1.165) is 0 Å². The van der Waals surface area contributed by atoms with Crippen LogP contribution in [0.3, 0.4) is 0 Å². The van der Waals surface area contributed by atoms with Crippen LogP contribution in [-0.4, -0.2) is 30.2 Å². The Bertz CT molecular complexity index is 1850. The number of hydrogen-bond donors (Lipinski definition) is 3.